The van der Waals surface area contributed by atoms with Crippen molar-refractivity contribution in [3.63, 3.8) is 0 Å². The van der Waals surface area contributed by atoms with E-state index in [9.17, 15) is 4.79 Å². The molecule has 0 bridgehead atoms. The quantitative estimate of drug-likeness (QED) is 0.865. The van der Waals surface area contributed by atoms with Crippen LogP contribution in [-0.4, -0.2) is 52.5 Å². The Morgan fingerprint density at radius 3 is 2.54 bits per heavy atom. The van der Waals surface area contributed by atoms with Crippen molar-refractivity contribution in [3.8, 4) is 11.6 Å². The van der Waals surface area contributed by atoms with Gasteiger partial charge in [0.05, 0.1) is 24.5 Å². The summed E-state index contributed by atoms with van der Waals surface area (Å²) < 4.78 is 13.0. The molecule has 1 fully saturated rings. The number of morpholine rings is 1. The minimum Gasteiger partial charge on any atom is -0.478 e. The number of hydrogen-bond donors (Lipinski definition) is 0. The highest BCUT2D eigenvalue weighted by atomic mass is 16.5. The van der Waals surface area contributed by atoms with Crippen molar-refractivity contribution in [1.82, 2.24) is 14.7 Å². The fourth-order valence-corrected chi connectivity index (χ4v) is 2.98. The fourth-order valence-electron chi connectivity index (χ4n) is 2.98. The first-order valence-corrected chi connectivity index (χ1v) is 8.31. The first-order chi connectivity index (χ1) is 11.6. The zero-order valence-electron chi connectivity index (χ0n) is 14.3. The molecule has 1 saturated heterocycles. The summed E-state index contributed by atoms with van der Waals surface area (Å²) in [7, 11) is 0. The maximum Gasteiger partial charge on any atom is 0.274 e. The monoisotopic (exact) mass is 329 g/mol. The first kappa shape index (κ1) is 16.5. The predicted octanol–water partition coefficient (Wildman–Crippen LogP) is 2.52. The summed E-state index contributed by atoms with van der Waals surface area (Å²) in [6.45, 7) is 7.53. The largest absolute Gasteiger partial charge is 0.478 e. The van der Waals surface area contributed by atoms with Crippen molar-refractivity contribution in [1.29, 1.82) is 0 Å². The van der Waals surface area contributed by atoms with Gasteiger partial charge in [-0.05, 0) is 32.9 Å². The molecule has 24 heavy (non-hydrogen) atoms. The molecule has 128 valence electrons. The first-order valence-electron chi connectivity index (χ1n) is 8.31. The molecule has 1 aliphatic heterocycles. The third-order valence-electron chi connectivity index (χ3n) is 3.90. The molecule has 2 atom stereocenters. The molecule has 1 aromatic carbocycles. The van der Waals surface area contributed by atoms with Crippen LogP contribution in [0.3, 0.4) is 0 Å². The van der Waals surface area contributed by atoms with E-state index in [1.54, 1.807) is 15.6 Å². The Labute approximate surface area is 142 Å². The molecule has 6 heteroatoms. The Morgan fingerprint density at radius 2 is 1.92 bits per heavy atom. The minimum absolute atomic E-state index is 0.0280. The van der Waals surface area contributed by atoms with Gasteiger partial charge in [-0.1, -0.05) is 18.2 Å². The highest BCUT2D eigenvalue weighted by Crippen LogP contribution is 2.21. The summed E-state index contributed by atoms with van der Waals surface area (Å²) in [5.74, 6) is 0.481. The van der Waals surface area contributed by atoms with Gasteiger partial charge in [0.1, 0.15) is 0 Å². The molecular weight excluding hydrogens is 306 g/mol. The second-order valence-corrected chi connectivity index (χ2v) is 6.02. The normalized spacial score (nSPS) is 20.9. The lowest BCUT2D eigenvalue weighted by molar-refractivity contribution is -0.0587. The molecule has 1 aromatic heterocycles. The molecule has 0 spiro atoms. The number of hydrogen-bond acceptors (Lipinski definition) is 4. The van der Waals surface area contributed by atoms with Gasteiger partial charge in [0.2, 0.25) is 5.88 Å². The van der Waals surface area contributed by atoms with E-state index < -0.39 is 0 Å². The molecule has 3 rings (SSSR count). The number of benzene rings is 1. The van der Waals surface area contributed by atoms with Crippen LogP contribution in [-0.2, 0) is 4.74 Å². The van der Waals surface area contributed by atoms with E-state index in [0.29, 0.717) is 31.3 Å². The lowest BCUT2D eigenvalue weighted by Gasteiger charge is -2.34. The highest BCUT2D eigenvalue weighted by molar-refractivity contribution is 5.92. The van der Waals surface area contributed by atoms with Crippen molar-refractivity contribution in [3.05, 3.63) is 42.1 Å². The molecule has 2 heterocycles. The number of amides is 1. The molecule has 0 radical (unpaired) electrons. The molecule has 1 aliphatic rings. The van der Waals surface area contributed by atoms with Gasteiger partial charge in [-0.2, -0.15) is 5.10 Å². The average molecular weight is 329 g/mol. The number of aromatic nitrogens is 2. The van der Waals surface area contributed by atoms with Gasteiger partial charge in [0.15, 0.2) is 5.69 Å². The standard InChI is InChI=1S/C18H23N3O3/c1-4-23-17-10-16(19-21(17)15-8-6-5-7-9-15)18(22)20-11-13(2)24-14(3)12-20/h5-10,13-14H,4,11-12H2,1-3H3/t13-,14+. The predicted molar refractivity (Wildman–Crippen MR) is 90.6 cm³/mol. The summed E-state index contributed by atoms with van der Waals surface area (Å²) in [6.07, 6.45) is 0.0561. The SMILES string of the molecule is CCOc1cc(C(=O)N2C[C@@H](C)O[C@@H](C)C2)nn1-c1ccccc1. The Morgan fingerprint density at radius 1 is 1.25 bits per heavy atom. The van der Waals surface area contributed by atoms with E-state index in [1.807, 2.05) is 51.1 Å². The van der Waals surface area contributed by atoms with Crippen LogP contribution in [0.1, 0.15) is 31.3 Å². The van der Waals surface area contributed by atoms with Crippen LogP contribution in [0.5, 0.6) is 5.88 Å². The van der Waals surface area contributed by atoms with Gasteiger partial charge in [0.25, 0.3) is 5.91 Å². The molecule has 0 saturated carbocycles. The topological polar surface area (TPSA) is 56.6 Å². The fraction of sp³-hybridized carbons (Fsp3) is 0.444. The highest BCUT2D eigenvalue weighted by Gasteiger charge is 2.28. The van der Waals surface area contributed by atoms with Gasteiger partial charge in [-0.3, -0.25) is 4.79 Å². The van der Waals surface area contributed by atoms with E-state index in [-0.39, 0.29) is 18.1 Å². The number of carbonyl (C=O) groups is 1. The maximum atomic E-state index is 12.8. The molecule has 0 aliphatic carbocycles. The van der Waals surface area contributed by atoms with Crippen LogP contribution < -0.4 is 4.74 Å². The summed E-state index contributed by atoms with van der Waals surface area (Å²) in [6, 6.07) is 11.4. The number of carbonyl (C=O) groups excluding carboxylic acids is 1. The minimum atomic E-state index is -0.0902. The Hall–Kier alpha value is -2.34. The lowest BCUT2D eigenvalue weighted by atomic mass is 10.2. The van der Waals surface area contributed by atoms with Crippen molar-refractivity contribution in [2.75, 3.05) is 19.7 Å². The lowest BCUT2D eigenvalue weighted by Crippen LogP contribution is -2.48. The zero-order chi connectivity index (χ0) is 17.1. The summed E-state index contributed by atoms with van der Waals surface area (Å²) in [4.78, 5) is 14.6. The number of para-hydroxylation sites is 1. The van der Waals surface area contributed by atoms with Crippen molar-refractivity contribution >= 4 is 5.91 Å². The van der Waals surface area contributed by atoms with E-state index in [0.717, 1.165) is 5.69 Å². The van der Waals surface area contributed by atoms with E-state index in [4.69, 9.17) is 9.47 Å². The second-order valence-electron chi connectivity index (χ2n) is 6.02. The summed E-state index contributed by atoms with van der Waals surface area (Å²) >= 11 is 0. The van der Waals surface area contributed by atoms with Crippen LogP contribution in [0.4, 0.5) is 0 Å². The van der Waals surface area contributed by atoms with E-state index in [1.165, 1.54) is 0 Å². The van der Waals surface area contributed by atoms with Crippen LogP contribution in [0.25, 0.3) is 5.69 Å². The number of ether oxygens (including phenoxy) is 2. The van der Waals surface area contributed by atoms with Crippen LogP contribution >= 0.6 is 0 Å². The summed E-state index contributed by atoms with van der Waals surface area (Å²) in [5.41, 5.74) is 1.26. The third-order valence-corrected chi connectivity index (χ3v) is 3.90. The van der Waals surface area contributed by atoms with Gasteiger partial charge >= 0.3 is 0 Å². The molecular formula is C18H23N3O3. The average Bonchev–Trinajstić information content (AvgIpc) is 2.98. The summed E-state index contributed by atoms with van der Waals surface area (Å²) in [5, 5.41) is 4.48. The molecule has 0 N–H and O–H groups in total. The maximum absolute atomic E-state index is 12.8. The van der Waals surface area contributed by atoms with Crippen molar-refractivity contribution in [2.45, 2.75) is 33.0 Å². The number of nitrogens with zero attached hydrogens (tertiary/aromatic N) is 3. The van der Waals surface area contributed by atoms with Crippen molar-refractivity contribution < 1.29 is 14.3 Å². The van der Waals surface area contributed by atoms with Crippen molar-refractivity contribution in [2.24, 2.45) is 0 Å². The van der Waals surface area contributed by atoms with Gasteiger partial charge in [-0.15, -0.1) is 0 Å². The Balaban J connectivity index is 1.89. The third kappa shape index (κ3) is 3.43. The van der Waals surface area contributed by atoms with Gasteiger partial charge in [0, 0.05) is 19.2 Å². The molecule has 6 nitrogen and oxygen atoms in total. The molecule has 2 aromatic rings. The zero-order valence-corrected chi connectivity index (χ0v) is 14.3. The number of rotatable bonds is 4. The smallest absolute Gasteiger partial charge is 0.274 e. The van der Waals surface area contributed by atoms with Gasteiger partial charge in [-0.25, -0.2) is 4.68 Å². The second kappa shape index (κ2) is 7.05. The van der Waals surface area contributed by atoms with Crippen LogP contribution in [0.15, 0.2) is 36.4 Å². The van der Waals surface area contributed by atoms with Crippen LogP contribution in [0.2, 0.25) is 0 Å². The van der Waals surface area contributed by atoms with E-state index in [2.05, 4.69) is 5.10 Å². The molecule has 0 unspecified atom stereocenters. The van der Waals surface area contributed by atoms with Gasteiger partial charge < -0.3 is 14.4 Å². The Kier molecular flexibility index (Phi) is 4.85. The van der Waals surface area contributed by atoms with Crippen LogP contribution in [0, 0.1) is 0 Å². The van der Waals surface area contributed by atoms with E-state index >= 15 is 0 Å². The Bertz CT molecular complexity index is 689. The molecule has 1 amide bonds.